The topological polar surface area (TPSA) is 120 Å². The van der Waals surface area contributed by atoms with Gasteiger partial charge >= 0.3 is 0 Å². The lowest BCUT2D eigenvalue weighted by molar-refractivity contribution is 0.429. The maximum Gasteiger partial charge on any atom is 0.199 e. The van der Waals surface area contributed by atoms with Crippen LogP contribution in [0, 0.1) is 0 Å². The number of benzene rings is 2. The van der Waals surface area contributed by atoms with E-state index in [1.54, 1.807) is 0 Å². The highest BCUT2D eigenvalue weighted by atomic mass is 32.2. The molecule has 2 aromatic rings. The van der Waals surface area contributed by atoms with E-state index in [9.17, 15) is 23.7 Å². The summed E-state index contributed by atoms with van der Waals surface area (Å²) in [5.74, 6) is -1.19. The Bertz CT molecular complexity index is 819. The molecule has 0 fully saturated rings. The molecule has 22 heavy (non-hydrogen) atoms. The van der Waals surface area contributed by atoms with Gasteiger partial charge in [0.1, 0.15) is 5.75 Å². The Kier molecular flexibility index (Phi) is 4.13. The van der Waals surface area contributed by atoms with Gasteiger partial charge in [0, 0.05) is 17.5 Å². The van der Waals surface area contributed by atoms with E-state index >= 15 is 0 Å². The summed E-state index contributed by atoms with van der Waals surface area (Å²) in [4.78, 5) is 0.0665. The molecule has 0 heterocycles. The Morgan fingerprint density at radius 1 is 0.955 bits per heavy atom. The largest absolute Gasteiger partial charge is 0.508 e. The van der Waals surface area contributed by atoms with Crippen LogP contribution in [0.3, 0.4) is 0 Å². The van der Waals surface area contributed by atoms with Gasteiger partial charge in [0.2, 0.25) is 0 Å². The highest BCUT2D eigenvalue weighted by Gasteiger charge is 2.10. The first kappa shape index (κ1) is 15.5. The van der Waals surface area contributed by atoms with Gasteiger partial charge in [-0.25, -0.2) is 8.42 Å². The number of nitrogens with zero attached hydrogens (tertiary/aromatic N) is 2. The number of aromatic hydroxyl groups is 3. The van der Waals surface area contributed by atoms with Gasteiger partial charge < -0.3 is 15.3 Å². The van der Waals surface area contributed by atoms with Crippen molar-refractivity contribution in [2.75, 3.05) is 0 Å². The number of sulfone groups is 1. The lowest BCUT2D eigenvalue weighted by Gasteiger charge is -2.02. The molecule has 0 atom stereocenters. The second-order valence-electron chi connectivity index (χ2n) is 4.24. The molecule has 114 valence electrons. The molecule has 3 N–H and O–H groups in total. The van der Waals surface area contributed by atoms with E-state index in [0.717, 1.165) is 17.5 Å². The zero-order valence-corrected chi connectivity index (χ0v) is 12.0. The van der Waals surface area contributed by atoms with Crippen LogP contribution in [0.2, 0.25) is 0 Å². The molecule has 8 heteroatoms. The molecule has 0 bridgehead atoms. The molecule has 7 nitrogen and oxygen atoms in total. The van der Waals surface area contributed by atoms with Crippen molar-refractivity contribution in [2.24, 2.45) is 10.2 Å². The second-order valence-corrected chi connectivity index (χ2v) is 6.13. The van der Waals surface area contributed by atoms with Crippen molar-refractivity contribution in [3.8, 4) is 17.2 Å². The van der Waals surface area contributed by atoms with Gasteiger partial charge in [0.25, 0.3) is 0 Å². The van der Waals surface area contributed by atoms with Gasteiger partial charge in [-0.1, -0.05) is 6.58 Å². The van der Waals surface area contributed by atoms with Crippen LogP contribution in [-0.4, -0.2) is 23.7 Å². The van der Waals surface area contributed by atoms with Crippen LogP contribution in [0.15, 0.2) is 63.5 Å². The zero-order valence-electron chi connectivity index (χ0n) is 11.2. The molecule has 0 radical (unpaired) electrons. The quantitative estimate of drug-likeness (QED) is 0.747. The predicted molar refractivity (Wildman–Crippen MR) is 79.4 cm³/mol. The zero-order chi connectivity index (χ0) is 16.3. The minimum Gasteiger partial charge on any atom is -0.508 e. The average Bonchev–Trinajstić information content (AvgIpc) is 2.46. The first-order valence-corrected chi connectivity index (χ1v) is 7.52. The van der Waals surface area contributed by atoms with Crippen molar-refractivity contribution in [1.82, 2.24) is 0 Å². The van der Waals surface area contributed by atoms with E-state index in [0.29, 0.717) is 5.69 Å². The molecule has 0 aliphatic rings. The van der Waals surface area contributed by atoms with Gasteiger partial charge in [-0.3, -0.25) is 0 Å². The van der Waals surface area contributed by atoms with Gasteiger partial charge in [0.05, 0.1) is 10.6 Å². The van der Waals surface area contributed by atoms with Crippen molar-refractivity contribution in [2.45, 2.75) is 4.90 Å². The van der Waals surface area contributed by atoms with Crippen LogP contribution >= 0.6 is 0 Å². The Morgan fingerprint density at radius 3 is 2.00 bits per heavy atom. The van der Waals surface area contributed by atoms with Crippen LogP contribution in [0.25, 0.3) is 0 Å². The van der Waals surface area contributed by atoms with E-state index in [-0.39, 0.29) is 16.3 Å². The summed E-state index contributed by atoms with van der Waals surface area (Å²) in [5, 5.41) is 36.6. The van der Waals surface area contributed by atoms with Crippen molar-refractivity contribution in [3.63, 3.8) is 0 Å². The van der Waals surface area contributed by atoms with Crippen LogP contribution in [0.4, 0.5) is 11.4 Å². The van der Waals surface area contributed by atoms with Gasteiger partial charge in [-0.05, 0) is 24.3 Å². The normalized spacial score (nSPS) is 11.6. The summed E-state index contributed by atoms with van der Waals surface area (Å²) in [6, 6.07) is 7.51. The van der Waals surface area contributed by atoms with Crippen molar-refractivity contribution in [3.05, 3.63) is 48.4 Å². The molecule has 0 spiro atoms. The summed E-state index contributed by atoms with van der Waals surface area (Å²) in [6.45, 7) is 3.23. The Balaban J connectivity index is 2.30. The number of phenols is 3. The van der Waals surface area contributed by atoms with Gasteiger partial charge in [0.15, 0.2) is 27.0 Å². The van der Waals surface area contributed by atoms with E-state index in [4.69, 9.17) is 0 Å². The molecule has 0 amide bonds. The maximum absolute atomic E-state index is 11.6. The summed E-state index contributed by atoms with van der Waals surface area (Å²) in [7, 11) is -3.52. The van der Waals surface area contributed by atoms with E-state index in [1.165, 1.54) is 24.3 Å². The molecule has 0 aromatic heterocycles. The second kappa shape index (κ2) is 5.86. The molecular weight excluding hydrogens is 308 g/mol. The SMILES string of the molecule is C=CS(=O)(=O)c1ccc(N=Nc2c(O)cc(O)cc2O)cc1. The van der Waals surface area contributed by atoms with Crippen LogP contribution < -0.4 is 0 Å². The summed E-state index contributed by atoms with van der Waals surface area (Å²) >= 11 is 0. The molecule has 0 saturated heterocycles. The first-order valence-electron chi connectivity index (χ1n) is 5.98. The average molecular weight is 320 g/mol. The summed E-state index contributed by atoms with van der Waals surface area (Å²) in [6.07, 6.45) is 0. The van der Waals surface area contributed by atoms with E-state index in [1.807, 2.05) is 0 Å². The smallest absolute Gasteiger partial charge is 0.199 e. The fourth-order valence-corrected chi connectivity index (χ4v) is 2.31. The number of phenolic OH excluding ortho intramolecular Hbond substituents is 3. The highest BCUT2D eigenvalue weighted by molar-refractivity contribution is 7.94. The molecule has 0 unspecified atom stereocenters. The van der Waals surface area contributed by atoms with Gasteiger partial charge in [-0.2, -0.15) is 5.11 Å². The molecule has 0 aliphatic carbocycles. The third-order valence-electron chi connectivity index (χ3n) is 2.70. The van der Waals surface area contributed by atoms with Crippen LogP contribution in [0.1, 0.15) is 0 Å². The van der Waals surface area contributed by atoms with E-state index < -0.39 is 21.3 Å². The first-order chi connectivity index (χ1) is 10.3. The van der Waals surface area contributed by atoms with Crippen molar-refractivity contribution >= 4 is 21.2 Å². The lowest BCUT2D eigenvalue weighted by Crippen LogP contribution is -1.94. The third kappa shape index (κ3) is 3.23. The Morgan fingerprint density at radius 2 is 1.50 bits per heavy atom. The number of hydrogen-bond acceptors (Lipinski definition) is 7. The summed E-state index contributed by atoms with van der Waals surface area (Å²) in [5.41, 5.74) is 0.107. The molecular formula is C14H12N2O5S. The number of rotatable bonds is 4. The van der Waals surface area contributed by atoms with Crippen molar-refractivity contribution in [1.29, 1.82) is 0 Å². The molecule has 0 aliphatic heterocycles. The van der Waals surface area contributed by atoms with E-state index in [2.05, 4.69) is 16.8 Å². The maximum atomic E-state index is 11.6. The van der Waals surface area contributed by atoms with Crippen LogP contribution in [0.5, 0.6) is 17.2 Å². The monoisotopic (exact) mass is 320 g/mol. The minimum atomic E-state index is -3.52. The predicted octanol–water partition coefficient (Wildman–Crippen LogP) is 3.14. The summed E-state index contributed by atoms with van der Waals surface area (Å²) < 4.78 is 23.1. The fraction of sp³-hybridized carbons (Fsp3) is 0. The standard InChI is InChI=1S/C14H12N2O5S/c1-2-22(20,21)11-5-3-9(4-6-11)15-16-14-12(18)7-10(17)8-13(14)19/h2-8,17-19H,1H2. The fourth-order valence-electron chi connectivity index (χ4n) is 1.60. The number of hydrogen-bond donors (Lipinski definition) is 3. The van der Waals surface area contributed by atoms with Crippen molar-refractivity contribution < 1.29 is 23.7 Å². The Labute approximate surface area is 126 Å². The molecule has 0 saturated carbocycles. The minimum absolute atomic E-state index is 0.0665. The lowest BCUT2D eigenvalue weighted by atomic mass is 10.2. The molecule has 2 aromatic carbocycles. The number of azo groups is 1. The van der Waals surface area contributed by atoms with Gasteiger partial charge in [-0.15, -0.1) is 5.11 Å². The Hall–Kier alpha value is -2.87. The third-order valence-corrected chi connectivity index (χ3v) is 4.07. The molecule has 2 rings (SSSR count). The highest BCUT2D eigenvalue weighted by Crippen LogP contribution is 2.40. The van der Waals surface area contributed by atoms with Crippen LogP contribution in [-0.2, 0) is 9.84 Å².